The van der Waals surface area contributed by atoms with Crippen molar-refractivity contribution in [2.75, 3.05) is 0 Å². The van der Waals surface area contributed by atoms with Crippen LogP contribution in [0, 0.1) is 0 Å². The van der Waals surface area contributed by atoms with Crippen LogP contribution < -0.4 is 16.2 Å². The van der Waals surface area contributed by atoms with E-state index < -0.39 is 46.5 Å². The van der Waals surface area contributed by atoms with Gasteiger partial charge in [0.15, 0.2) is 0 Å². The Morgan fingerprint density at radius 2 is 0.818 bits per heavy atom. The minimum atomic E-state index is -1.75. The molecule has 0 aliphatic rings. The van der Waals surface area contributed by atoms with E-state index in [4.69, 9.17) is 23.9 Å². The number of hydrogen-bond donors (Lipinski definition) is 1. The van der Waals surface area contributed by atoms with Crippen molar-refractivity contribution in [3.63, 3.8) is 0 Å². The van der Waals surface area contributed by atoms with E-state index in [0.717, 1.165) is 25.0 Å². The van der Waals surface area contributed by atoms with E-state index in [0.29, 0.717) is 0 Å². The fraction of sp³-hybridized carbons (Fsp3) is 0. The normalized spacial score (nSPS) is 2.82. The van der Waals surface area contributed by atoms with E-state index in [1.807, 2.05) is 0 Å². The van der Waals surface area contributed by atoms with Crippen molar-refractivity contribution < 1.29 is 48.9 Å². The molecule has 0 aliphatic heterocycles. The molecule has 0 atom stereocenters. The van der Waals surface area contributed by atoms with Crippen LogP contribution in [0.5, 0.6) is 0 Å². The van der Waals surface area contributed by atoms with Gasteiger partial charge in [0.1, 0.15) is 0 Å². The monoisotopic (exact) mass is 283 g/mol. The van der Waals surface area contributed by atoms with Gasteiger partial charge in [0.2, 0.25) is 0 Å². The van der Waals surface area contributed by atoms with Crippen molar-refractivity contribution >= 4 is 46.5 Å². The Morgan fingerprint density at radius 3 is 0.818 bits per heavy atom. The molecule has 56 valence electrons. The molecule has 11 heteroatoms. The van der Waals surface area contributed by atoms with Gasteiger partial charge in [-0.2, -0.15) is 0 Å². The quantitative estimate of drug-likeness (QED) is 0.436. The zero-order valence-corrected chi connectivity index (χ0v) is 11.2. The summed E-state index contributed by atoms with van der Waals surface area (Å²) in [5, 5.41) is 0. The molecule has 0 saturated heterocycles. The summed E-state index contributed by atoms with van der Waals surface area (Å²) in [6.07, 6.45) is 0. The van der Waals surface area contributed by atoms with Crippen molar-refractivity contribution in [3.8, 4) is 0 Å². The van der Waals surface area contributed by atoms with Gasteiger partial charge >= 0.3 is 99.0 Å². The molecule has 0 aliphatic carbocycles. The van der Waals surface area contributed by atoms with Crippen LogP contribution in [-0.4, -0.2) is 46.5 Å². The summed E-state index contributed by atoms with van der Waals surface area (Å²) in [5.41, 5.74) is 0. The Morgan fingerprint density at radius 1 is 0.818 bits per heavy atom. The Balaban J connectivity index is -0.0000000301. The fourth-order valence-corrected chi connectivity index (χ4v) is 0. The van der Waals surface area contributed by atoms with Crippen LogP contribution in [0.1, 0.15) is 0 Å². The van der Waals surface area contributed by atoms with E-state index in [9.17, 15) is 0 Å². The average Bonchev–Trinajstić information content (AvgIpc) is 1.96. The summed E-state index contributed by atoms with van der Waals surface area (Å²) in [5.74, 6) is 0. The van der Waals surface area contributed by atoms with Gasteiger partial charge in [0.05, 0.1) is 0 Å². The van der Waals surface area contributed by atoms with Gasteiger partial charge < -0.3 is 0 Å². The first-order valence-electron chi connectivity index (χ1n) is 1.70. The summed E-state index contributed by atoms with van der Waals surface area (Å²) in [6.45, 7) is 0. The molecule has 0 fully saturated rings. The maximum absolute atomic E-state index is 8.46. The second-order valence-corrected chi connectivity index (χ2v) is 0.866. The zero-order valence-electron chi connectivity index (χ0n) is 5.26. The predicted octanol–water partition coefficient (Wildman–Crippen LogP) is -5.66. The van der Waals surface area contributed by atoms with Gasteiger partial charge in [-0.25, -0.2) is 0 Å². The van der Waals surface area contributed by atoms with Crippen LogP contribution in [0.3, 0.4) is 0 Å². The van der Waals surface area contributed by atoms with Gasteiger partial charge in [-0.3, -0.25) is 0 Å². The number of hydrogen-bond acceptors (Lipinski definition) is 7. The fourth-order valence-electron chi connectivity index (χ4n) is 0. The third kappa shape index (κ3) is 624. The topological polar surface area (TPSA) is 146 Å². The molecule has 0 aromatic heterocycles. The van der Waals surface area contributed by atoms with Crippen LogP contribution in [0.2, 0.25) is 0 Å². The Bertz CT molecular complexity index is 54.6. The first kappa shape index (κ1) is 22.8. The van der Waals surface area contributed by atoms with Gasteiger partial charge in [0, 0.05) is 0 Å². The van der Waals surface area contributed by atoms with Crippen LogP contribution in [0.15, 0.2) is 0 Å². The molecule has 0 aromatic rings. The van der Waals surface area contributed by atoms with E-state index in [2.05, 4.69) is 3.68 Å². The molecule has 0 rings (SSSR count). The van der Waals surface area contributed by atoms with Crippen molar-refractivity contribution in [1.29, 1.82) is 0 Å². The standard InChI is InChI=1S/3Al.H2N.6O.Zr/h;;;1H2;;;;;;;/q;;;-1;;;;3*-1;+4. The van der Waals surface area contributed by atoms with Crippen molar-refractivity contribution in [3.05, 3.63) is 0 Å². The molecule has 0 bridgehead atoms. The molecule has 0 unspecified atom stereocenters. The van der Waals surface area contributed by atoms with Crippen LogP contribution >= 0.6 is 0 Å². The number of nitrogens with two attached hydrogens (primary N) is 1. The minimum absolute atomic E-state index is 1.05. The third-order valence-corrected chi connectivity index (χ3v) is 0. The second-order valence-electron chi connectivity index (χ2n) is 0.289. The van der Waals surface area contributed by atoms with E-state index in [1.54, 1.807) is 0 Å². The first-order valence-corrected chi connectivity index (χ1v) is 5.95. The molecule has 7 nitrogen and oxygen atoms in total. The Kier molecular flexibility index (Phi) is 136. The molecule has 2 N–H and O–H groups in total. The van der Waals surface area contributed by atoms with Gasteiger partial charge in [-0.1, -0.05) is 0 Å². The third-order valence-electron chi connectivity index (χ3n) is 0. The molecular formula is H2Al3NO6Zr. The Hall–Kier alpha value is 1.24. The second kappa shape index (κ2) is 65.6. The van der Waals surface area contributed by atoms with E-state index in [1.165, 1.54) is 0 Å². The predicted molar refractivity (Wildman–Crippen MR) is 23.5 cm³/mol. The SMILES string of the molecule is [NH2][Zr+3].[O]=[Al][O-].[O]=[Al][O-].[O]=[Al][O-]. The molecule has 0 amide bonds. The van der Waals surface area contributed by atoms with E-state index in [-0.39, 0.29) is 0 Å². The molecule has 11 heavy (non-hydrogen) atoms. The zero-order chi connectivity index (χ0) is 10.1. The van der Waals surface area contributed by atoms with Crippen molar-refractivity contribution in [2.24, 2.45) is 3.68 Å². The van der Waals surface area contributed by atoms with Crippen molar-refractivity contribution in [2.45, 2.75) is 0 Å². The van der Waals surface area contributed by atoms with Gasteiger partial charge in [0.25, 0.3) is 0 Å². The van der Waals surface area contributed by atoms with Gasteiger partial charge in [-0.05, 0) is 0 Å². The van der Waals surface area contributed by atoms with Crippen LogP contribution in [0.4, 0.5) is 0 Å². The molecular weight excluding hydrogens is 282 g/mol. The van der Waals surface area contributed by atoms with E-state index >= 15 is 0 Å². The molecule has 0 heterocycles. The number of rotatable bonds is 0. The average molecular weight is 284 g/mol. The summed E-state index contributed by atoms with van der Waals surface area (Å²) < 4.78 is 55.3. The first-order chi connectivity index (χ1) is 5.24. The van der Waals surface area contributed by atoms with Crippen LogP contribution in [-0.2, 0) is 36.4 Å². The molecule has 0 saturated carbocycles. The van der Waals surface area contributed by atoms with Gasteiger partial charge in [-0.15, -0.1) is 0 Å². The summed E-state index contributed by atoms with van der Waals surface area (Å²) in [7, 11) is 0. The van der Waals surface area contributed by atoms with Crippen LogP contribution in [0.25, 0.3) is 0 Å². The molecule has 0 aromatic carbocycles. The Labute approximate surface area is 98.0 Å². The molecule has 0 spiro atoms. The molecule has 0 radical (unpaired) electrons. The maximum atomic E-state index is 8.46. The van der Waals surface area contributed by atoms with Crippen molar-refractivity contribution in [1.82, 2.24) is 0 Å². The summed E-state index contributed by atoms with van der Waals surface area (Å²) >= 11 is -4.20. The summed E-state index contributed by atoms with van der Waals surface area (Å²) in [4.78, 5) is 0. The summed E-state index contributed by atoms with van der Waals surface area (Å²) in [6, 6.07) is 0.